The molecule has 0 aliphatic rings. The van der Waals surface area contributed by atoms with Crippen LogP contribution in [0, 0.1) is 0 Å². The molecule has 0 amide bonds. The minimum absolute atomic E-state index is 0.0449. The molecule has 2 nitrogen and oxygen atoms in total. The first-order chi connectivity index (χ1) is 8.92. The molecule has 0 heterocycles. The van der Waals surface area contributed by atoms with E-state index < -0.39 is 5.51 Å². The van der Waals surface area contributed by atoms with Crippen LogP contribution in [0.15, 0.2) is 24.3 Å². The third-order valence-corrected chi connectivity index (χ3v) is 3.18. The van der Waals surface area contributed by atoms with Crippen LogP contribution in [0.5, 0.6) is 5.75 Å². The molecule has 6 heteroatoms. The zero-order valence-corrected chi connectivity index (χ0v) is 11.8. The largest absolute Gasteiger partial charge is 0.493 e. The number of thioether (sulfide) groups is 1. The lowest BCUT2D eigenvalue weighted by Gasteiger charge is -2.14. The average molecular weight is 293 g/mol. The van der Waals surface area contributed by atoms with Crippen molar-refractivity contribution in [2.24, 2.45) is 0 Å². The lowest BCUT2D eigenvalue weighted by atomic mass is 10.1. The van der Waals surface area contributed by atoms with Crippen LogP contribution >= 0.6 is 11.8 Å². The Bertz CT molecular complexity index is 384. The number of rotatable bonds is 7. The third-order valence-electron chi connectivity index (χ3n) is 2.49. The number of ether oxygens (including phenoxy) is 1. The molecule has 0 aliphatic heterocycles. The van der Waals surface area contributed by atoms with Crippen LogP contribution in [0.2, 0.25) is 0 Å². The van der Waals surface area contributed by atoms with Gasteiger partial charge in [0.05, 0.1) is 6.61 Å². The normalized spacial score (nSPS) is 13.3. The maximum Gasteiger partial charge on any atom is 0.441 e. The molecule has 0 fully saturated rings. The van der Waals surface area contributed by atoms with Gasteiger partial charge in [-0.25, -0.2) is 0 Å². The summed E-state index contributed by atoms with van der Waals surface area (Å²) in [4.78, 5) is 0. The van der Waals surface area contributed by atoms with E-state index in [0.717, 1.165) is 12.1 Å². The van der Waals surface area contributed by atoms with Gasteiger partial charge in [-0.2, -0.15) is 13.2 Å². The second kappa shape index (κ2) is 7.65. The Labute approximate surface area is 115 Å². The van der Waals surface area contributed by atoms with Crippen LogP contribution in [0.1, 0.15) is 25.5 Å². The van der Waals surface area contributed by atoms with Gasteiger partial charge in [-0.15, -0.1) is 0 Å². The molecule has 0 saturated carbocycles. The molecule has 0 aliphatic carbocycles. The molecular weight excluding hydrogens is 275 g/mol. The molecule has 0 spiro atoms. The maximum absolute atomic E-state index is 11.9. The van der Waals surface area contributed by atoms with Crippen molar-refractivity contribution in [2.75, 3.05) is 18.9 Å². The van der Waals surface area contributed by atoms with Crippen LogP contribution in [0.25, 0.3) is 0 Å². The molecule has 0 radical (unpaired) electrons. The second-order valence-corrected chi connectivity index (χ2v) is 5.15. The monoisotopic (exact) mass is 293 g/mol. The number of halogens is 3. The van der Waals surface area contributed by atoms with E-state index in [0.29, 0.717) is 5.75 Å². The SMILES string of the molecule is CCNC(C)c1cccc(OCCSC(F)(F)F)c1. The molecule has 19 heavy (non-hydrogen) atoms. The van der Waals surface area contributed by atoms with Gasteiger partial charge in [0.15, 0.2) is 0 Å². The second-order valence-electron chi connectivity index (χ2n) is 3.99. The fourth-order valence-electron chi connectivity index (χ4n) is 1.61. The van der Waals surface area contributed by atoms with Crippen molar-refractivity contribution in [3.05, 3.63) is 29.8 Å². The van der Waals surface area contributed by atoms with Crippen molar-refractivity contribution < 1.29 is 17.9 Å². The van der Waals surface area contributed by atoms with Crippen molar-refractivity contribution in [2.45, 2.75) is 25.4 Å². The van der Waals surface area contributed by atoms with Gasteiger partial charge in [0.1, 0.15) is 5.75 Å². The van der Waals surface area contributed by atoms with Crippen LogP contribution in [0.3, 0.4) is 0 Å². The Kier molecular flexibility index (Phi) is 6.51. The molecule has 108 valence electrons. The van der Waals surface area contributed by atoms with E-state index >= 15 is 0 Å². The summed E-state index contributed by atoms with van der Waals surface area (Å²) in [6.45, 7) is 4.95. The van der Waals surface area contributed by atoms with E-state index in [4.69, 9.17) is 4.74 Å². The maximum atomic E-state index is 11.9. The highest BCUT2D eigenvalue weighted by atomic mass is 32.2. The molecule has 1 atom stereocenters. The number of hydrogen-bond donors (Lipinski definition) is 1. The summed E-state index contributed by atoms with van der Waals surface area (Å²) in [7, 11) is 0. The summed E-state index contributed by atoms with van der Waals surface area (Å²) in [6.07, 6.45) is 0. The zero-order chi connectivity index (χ0) is 14.3. The van der Waals surface area contributed by atoms with E-state index in [1.54, 1.807) is 6.07 Å². The van der Waals surface area contributed by atoms with Crippen molar-refractivity contribution in [3.63, 3.8) is 0 Å². The van der Waals surface area contributed by atoms with Crippen LogP contribution in [-0.4, -0.2) is 24.4 Å². The summed E-state index contributed by atoms with van der Waals surface area (Å²) in [5, 5.41) is 3.27. The predicted octanol–water partition coefficient (Wildman–Crippen LogP) is 3.99. The fraction of sp³-hybridized carbons (Fsp3) is 0.538. The van der Waals surface area contributed by atoms with E-state index in [1.807, 2.05) is 32.0 Å². The van der Waals surface area contributed by atoms with Crippen molar-refractivity contribution >= 4 is 11.8 Å². The summed E-state index contributed by atoms with van der Waals surface area (Å²) in [5.74, 6) is 0.501. The van der Waals surface area contributed by atoms with Gasteiger partial charge in [0, 0.05) is 11.8 Å². The predicted molar refractivity (Wildman–Crippen MR) is 72.5 cm³/mol. The Balaban J connectivity index is 2.44. The summed E-state index contributed by atoms with van der Waals surface area (Å²) < 4.78 is 41.1. The Hall–Kier alpha value is -0.880. The Morgan fingerprint density at radius 1 is 1.37 bits per heavy atom. The highest BCUT2D eigenvalue weighted by Gasteiger charge is 2.27. The van der Waals surface area contributed by atoms with E-state index in [2.05, 4.69) is 5.32 Å². The number of nitrogens with one attached hydrogen (secondary N) is 1. The smallest absolute Gasteiger partial charge is 0.441 e. The molecule has 0 saturated heterocycles. The lowest BCUT2D eigenvalue weighted by molar-refractivity contribution is -0.0329. The standard InChI is InChI=1S/C13H18F3NOS/c1-3-17-10(2)11-5-4-6-12(9-11)18-7-8-19-13(14,15)16/h4-6,9-10,17H,3,7-8H2,1-2H3. The summed E-state index contributed by atoms with van der Waals surface area (Å²) in [5.41, 5.74) is -3.13. The minimum atomic E-state index is -4.19. The Morgan fingerprint density at radius 3 is 2.74 bits per heavy atom. The van der Waals surface area contributed by atoms with Crippen molar-refractivity contribution in [1.82, 2.24) is 5.32 Å². The minimum Gasteiger partial charge on any atom is -0.493 e. The van der Waals surface area contributed by atoms with Gasteiger partial charge in [0.25, 0.3) is 0 Å². The molecule has 1 aromatic carbocycles. The van der Waals surface area contributed by atoms with E-state index in [1.165, 1.54) is 0 Å². The van der Waals surface area contributed by atoms with Gasteiger partial charge in [-0.05, 0) is 42.9 Å². The molecule has 1 N–H and O–H groups in total. The van der Waals surface area contributed by atoms with E-state index in [-0.39, 0.29) is 30.2 Å². The topological polar surface area (TPSA) is 21.3 Å². The van der Waals surface area contributed by atoms with Gasteiger partial charge in [0.2, 0.25) is 0 Å². The van der Waals surface area contributed by atoms with Gasteiger partial charge < -0.3 is 10.1 Å². The highest BCUT2D eigenvalue weighted by Crippen LogP contribution is 2.29. The molecule has 1 unspecified atom stereocenters. The van der Waals surface area contributed by atoms with Crippen LogP contribution in [-0.2, 0) is 0 Å². The Morgan fingerprint density at radius 2 is 2.11 bits per heavy atom. The van der Waals surface area contributed by atoms with Crippen molar-refractivity contribution in [3.8, 4) is 5.75 Å². The van der Waals surface area contributed by atoms with Gasteiger partial charge in [-0.3, -0.25) is 0 Å². The molecule has 0 aromatic heterocycles. The van der Waals surface area contributed by atoms with Gasteiger partial charge >= 0.3 is 5.51 Å². The average Bonchev–Trinajstić information content (AvgIpc) is 2.34. The first kappa shape index (κ1) is 16.2. The lowest BCUT2D eigenvalue weighted by Crippen LogP contribution is -2.17. The number of hydrogen-bond acceptors (Lipinski definition) is 3. The molecule has 1 rings (SSSR count). The third kappa shape index (κ3) is 6.73. The van der Waals surface area contributed by atoms with Gasteiger partial charge in [-0.1, -0.05) is 19.1 Å². The number of benzene rings is 1. The quantitative estimate of drug-likeness (QED) is 0.768. The fourth-order valence-corrected chi connectivity index (χ4v) is 2.01. The van der Waals surface area contributed by atoms with Crippen molar-refractivity contribution in [1.29, 1.82) is 0 Å². The first-order valence-corrected chi connectivity index (χ1v) is 7.07. The molecule has 1 aromatic rings. The summed E-state index contributed by atoms with van der Waals surface area (Å²) in [6, 6.07) is 7.60. The molecule has 0 bridgehead atoms. The first-order valence-electron chi connectivity index (χ1n) is 6.09. The summed E-state index contributed by atoms with van der Waals surface area (Å²) >= 11 is -0.0659. The highest BCUT2D eigenvalue weighted by molar-refractivity contribution is 8.00. The zero-order valence-electron chi connectivity index (χ0n) is 11.0. The van der Waals surface area contributed by atoms with Crippen LogP contribution < -0.4 is 10.1 Å². The number of alkyl halides is 3. The van der Waals surface area contributed by atoms with E-state index in [9.17, 15) is 13.2 Å². The van der Waals surface area contributed by atoms with Crippen LogP contribution in [0.4, 0.5) is 13.2 Å². The molecular formula is C13H18F3NOS.